The van der Waals surface area contributed by atoms with Crippen molar-refractivity contribution in [3.05, 3.63) is 46.2 Å². The Bertz CT molecular complexity index is 816. The van der Waals surface area contributed by atoms with Gasteiger partial charge in [-0.3, -0.25) is 4.57 Å². The van der Waals surface area contributed by atoms with Crippen molar-refractivity contribution < 1.29 is 4.74 Å². The smallest absolute Gasteiger partial charge is 0.215 e. The van der Waals surface area contributed by atoms with Gasteiger partial charge in [-0.1, -0.05) is 22.0 Å². The summed E-state index contributed by atoms with van der Waals surface area (Å²) in [6, 6.07) is 9.77. The molecular formula is C15H13BrClN3O. The lowest BCUT2D eigenvalue weighted by Gasteiger charge is -2.11. The molecule has 2 aromatic heterocycles. The number of halogens is 2. The molecule has 1 aromatic carbocycles. The van der Waals surface area contributed by atoms with E-state index >= 15 is 0 Å². The van der Waals surface area contributed by atoms with Crippen LogP contribution >= 0.6 is 27.5 Å². The van der Waals surface area contributed by atoms with Gasteiger partial charge >= 0.3 is 0 Å². The van der Waals surface area contributed by atoms with Crippen LogP contribution < -0.4 is 4.74 Å². The van der Waals surface area contributed by atoms with Crippen LogP contribution in [0.5, 0.6) is 5.88 Å². The fraction of sp³-hybridized carbons (Fsp3) is 0.200. The van der Waals surface area contributed by atoms with Gasteiger partial charge in [0, 0.05) is 10.5 Å². The predicted molar refractivity (Wildman–Crippen MR) is 87.4 cm³/mol. The molecule has 0 N–H and O–H groups in total. The molecule has 0 unspecified atom stereocenters. The van der Waals surface area contributed by atoms with Crippen LogP contribution in [0.4, 0.5) is 0 Å². The van der Waals surface area contributed by atoms with E-state index in [2.05, 4.69) is 25.9 Å². The van der Waals surface area contributed by atoms with Crippen LogP contribution in [0.2, 0.25) is 0 Å². The van der Waals surface area contributed by atoms with E-state index in [-0.39, 0.29) is 0 Å². The average Bonchev–Trinajstić information content (AvgIpc) is 2.87. The fourth-order valence-electron chi connectivity index (χ4n) is 2.27. The quantitative estimate of drug-likeness (QED) is 0.651. The Morgan fingerprint density at radius 3 is 2.76 bits per heavy atom. The van der Waals surface area contributed by atoms with Gasteiger partial charge in [0.15, 0.2) is 5.65 Å². The molecule has 21 heavy (non-hydrogen) atoms. The number of pyridine rings is 1. The third-order valence-electron chi connectivity index (χ3n) is 3.29. The van der Waals surface area contributed by atoms with Crippen LogP contribution in [0, 0.1) is 6.92 Å². The van der Waals surface area contributed by atoms with Gasteiger partial charge in [0.05, 0.1) is 18.7 Å². The van der Waals surface area contributed by atoms with E-state index in [4.69, 9.17) is 16.3 Å². The Labute approximate surface area is 135 Å². The molecule has 0 bridgehead atoms. The van der Waals surface area contributed by atoms with E-state index < -0.39 is 0 Å². The highest BCUT2D eigenvalue weighted by molar-refractivity contribution is 9.10. The molecule has 3 aromatic rings. The molecule has 2 heterocycles. The van der Waals surface area contributed by atoms with Crippen LogP contribution in [0.3, 0.4) is 0 Å². The summed E-state index contributed by atoms with van der Waals surface area (Å²) in [5.74, 6) is 1.62. The maximum atomic E-state index is 6.07. The lowest BCUT2D eigenvalue weighted by molar-refractivity contribution is 0.399. The number of nitrogens with zero attached hydrogens (tertiary/aromatic N) is 3. The highest BCUT2D eigenvalue weighted by atomic mass is 79.9. The van der Waals surface area contributed by atoms with E-state index in [0.29, 0.717) is 11.8 Å². The maximum Gasteiger partial charge on any atom is 0.215 e. The van der Waals surface area contributed by atoms with Crippen LogP contribution in [0.15, 0.2) is 34.8 Å². The second-order valence-corrected chi connectivity index (χ2v) is 5.81. The van der Waals surface area contributed by atoms with E-state index in [0.717, 1.165) is 32.7 Å². The molecular weight excluding hydrogens is 354 g/mol. The number of benzene rings is 1. The van der Waals surface area contributed by atoms with Gasteiger partial charge < -0.3 is 4.74 Å². The minimum atomic E-state index is 0.310. The van der Waals surface area contributed by atoms with Crippen molar-refractivity contribution >= 4 is 38.7 Å². The van der Waals surface area contributed by atoms with Crippen molar-refractivity contribution in [2.24, 2.45) is 0 Å². The molecule has 0 aliphatic carbocycles. The minimum Gasteiger partial charge on any atom is -0.481 e. The third kappa shape index (κ3) is 2.51. The summed E-state index contributed by atoms with van der Waals surface area (Å²) >= 11 is 9.57. The third-order valence-corrected chi connectivity index (χ3v) is 4.02. The zero-order valence-electron chi connectivity index (χ0n) is 11.6. The number of fused-ring (bicyclic) bond motifs is 1. The number of imidazole rings is 1. The lowest BCUT2D eigenvalue weighted by Crippen LogP contribution is -2.03. The molecule has 6 heteroatoms. The molecule has 3 rings (SSSR count). The molecule has 0 aliphatic heterocycles. The van der Waals surface area contributed by atoms with Gasteiger partial charge in [0.2, 0.25) is 5.88 Å². The number of alkyl halides is 1. The molecule has 0 saturated carbocycles. The second-order valence-electron chi connectivity index (χ2n) is 4.62. The number of ether oxygens (including phenoxy) is 1. The number of hydrogen-bond acceptors (Lipinski definition) is 3. The van der Waals surface area contributed by atoms with Gasteiger partial charge in [-0.25, -0.2) is 4.98 Å². The highest BCUT2D eigenvalue weighted by Crippen LogP contribution is 2.27. The summed E-state index contributed by atoms with van der Waals surface area (Å²) in [5.41, 5.74) is 3.66. The van der Waals surface area contributed by atoms with E-state index in [9.17, 15) is 0 Å². The summed E-state index contributed by atoms with van der Waals surface area (Å²) in [4.78, 5) is 9.07. The Kier molecular flexibility index (Phi) is 3.87. The molecule has 0 spiro atoms. The molecule has 0 atom stereocenters. The Morgan fingerprint density at radius 2 is 2.05 bits per heavy atom. The van der Waals surface area contributed by atoms with Gasteiger partial charge in [-0.05, 0) is 30.7 Å². The Hall–Kier alpha value is -1.59. The van der Waals surface area contributed by atoms with Crippen LogP contribution in [0.25, 0.3) is 16.9 Å². The van der Waals surface area contributed by atoms with Crippen LogP contribution in [-0.2, 0) is 5.88 Å². The number of rotatable bonds is 3. The second kappa shape index (κ2) is 5.66. The van der Waals surface area contributed by atoms with Crippen LogP contribution in [-0.4, -0.2) is 21.6 Å². The zero-order chi connectivity index (χ0) is 15.0. The fourth-order valence-corrected chi connectivity index (χ4v) is 2.79. The number of hydrogen-bond donors (Lipinski definition) is 0. The average molecular weight is 367 g/mol. The standard InChI is InChI=1S/C15H13BrClN3O/c1-9-3-4-10(16)7-12(9)20-13(8-17)18-11-5-6-14(21-2)19-15(11)20/h3-7H,8H2,1-2H3. The largest absolute Gasteiger partial charge is 0.481 e. The minimum absolute atomic E-state index is 0.310. The molecule has 0 radical (unpaired) electrons. The summed E-state index contributed by atoms with van der Waals surface area (Å²) in [6.07, 6.45) is 0. The van der Waals surface area contributed by atoms with Gasteiger partial charge in [0.25, 0.3) is 0 Å². The number of aromatic nitrogens is 3. The van der Waals surface area contributed by atoms with Crippen molar-refractivity contribution in [2.45, 2.75) is 12.8 Å². The summed E-state index contributed by atoms with van der Waals surface area (Å²) < 4.78 is 8.19. The van der Waals surface area contributed by atoms with Crippen molar-refractivity contribution in [1.29, 1.82) is 0 Å². The molecule has 4 nitrogen and oxygen atoms in total. The number of aryl methyl sites for hydroxylation is 1. The zero-order valence-corrected chi connectivity index (χ0v) is 13.9. The lowest BCUT2D eigenvalue weighted by atomic mass is 10.2. The molecule has 0 fully saturated rings. The first-order chi connectivity index (χ1) is 10.1. The van der Waals surface area contributed by atoms with Crippen molar-refractivity contribution in [3.8, 4) is 11.6 Å². The van der Waals surface area contributed by atoms with E-state index in [1.165, 1.54) is 0 Å². The molecule has 0 aliphatic rings. The Morgan fingerprint density at radius 1 is 1.24 bits per heavy atom. The summed E-state index contributed by atoms with van der Waals surface area (Å²) in [7, 11) is 1.60. The maximum absolute atomic E-state index is 6.07. The van der Waals surface area contributed by atoms with Crippen LogP contribution in [0.1, 0.15) is 11.4 Å². The molecule has 0 amide bonds. The first kappa shape index (κ1) is 14.4. The summed E-state index contributed by atoms with van der Waals surface area (Å²) in [6.45, 7) is 2.05. The first-order valence-electron chi connectivity index (χ1n) is 6.39. The SMILES string of the molecule is COc1ccc2nc(CCl)n(-c3cc(Br)ccc3C)c2n1. The van der Waals surface area contributed by atoms with Gasteiger partial charge in [0.1, 0.15) is 11.3 Å². The predicted octanol–water partition coefficient (Wildman–Crippen LogP) is 4.24. The first-order valence-corrected chi connectivity index (χ1v) is 7.71. The molecule has 0 saturated heterocycles. The van der Waals surface area contributed by atoms with E-state index in [1.54, 1.807) is 13.2 Å². The van der Waals surface area contributed by atoms with E-state index in [1.807, 2.05) is 35.8 Å². The van der Waals surface area contributed by atoms with Gasteiger partial charge in [-0.15, -0.1) is 11.6 Å². The molecule has 108 valence electrons. The monoisotopic (exact) mass is 365 g/mol. The Balaban J connectivity index is 2.36. The number of methoxy groups -OCH3 is 1. The normalized spacial score (nSPS) is 11.0. The van der Waals surface area contributed by atoms with Crippen molar-refractivity contribution in [2.75, 3.05) is 7.11 Å². The highest BCUT2D eigenvalue weighted by Gasteiger charge is 2.15. The van der Waals surface area contributed by atoms with Crippen molar-refractivity contribution in [3.63, 3.8) is 0 Å². The topological polar surface area (TPSA) is 39.9 Å². The van der Waals surface area contributed by atoms with Gasteiger partial charge in [-0.2, -0.15) is 4.98 Å². The van der Waals surface area contributed by atoms with Crippen molar-refractivity contribution in [1.82, 2.24) is 14.5 Å². The summed E-state index contributed by atoms with van der Waals surface area (Å²) in [5, 5.41) is 0.